The maximum absolute atomic E-state index is 13.1. The molecule has 1 saturated heterocycles. The molecule has 2 aromatic carbocycles. The quantitative estimate of drug-likeness (QED) is 0.752. The minimum absolute atomic E-state index is 0.175. The first-order valence-corrected chi connectivity index (χ1v) is 8.05. The Labute approximate surface area is 151 Å². The van der Waals surface area contributed by atoms with Crippen molar-refractivity contribution in [2.45, 2.75) is 6.10 Å². The molecular formula is C17H9Cl2FN2O3. The molecule has 0 aliphatic carbocycles. The molecule has 0 aromatic heterocycles. The highest BCUT2D eigenvalue weighted by Gasteiger charge is 2.56. The second-order valence-electron chi connectivity index (χ2n) is 5.59. The number of halogens is 3. The number of hydrogen-bond acceptors (Lipinski definition) is 4. The molecule has 2 heterocycles. The van der Waals surface area contributed by atoms with Crippen molar-refractivity contribution in [3.8, 4) is 0 Å². The predicted molar refractivity (Wildman–Crippen MR) is 90.3 cm³/mol. The summed E-state index contributed by atoms with van der Waals surface area (Å²) in [6.07, 6.45) is -1.06. The van der Waals surface area contributed by atoms with E-state index in [-0.39, 0.29) is 16.4 Å². The third-order valence-corrected chi connectivity index (χ3v) is 4.64. The van der Waals surface area contributed by atoms with Crippen molar-refractivity contribution in [3.05, 3.63) is 63.9 Å². The zero-order valence-corrected chi connectivity index (χ0v) is 14.0. The fraction of sp³-hybridized carbons (Fsp3) is 0.118. The number of hydrogen-bond donors (Lipinski definition) is 0. The van der Waals surface area contributed by atoms with Crippen molar-refractivity contribution in [3.63, 3.8) is 0 Å². The lowest BCUT2D eigenvalue weighted by atomic mass is 9.94. The number of carbonyl (C=O) groups excluding carboxylic acids is 2. The molecule has 2 unspecified atom stereocenters. The molecule has 25 heavy (non-hydrogen) atoms. The number of carbonyl (C=O) groups is 2. The summed E-state index contributed by atoms with van der Waals surface area (Å²) in [5, 5.41) is 4.42. The maximum atomic E-state index is 13.1. The minimum Gasteiger partial charge on any atom is -0.381 e. The van der Waals surface area contributed by atoms with E-state index < -0.39 is 29.7 Å². The lowest BCUT2D eigenvalue weighted by molar-refractivity contribution is -0.126. The van der Waals surface area contributed by atoms with Gasteiger partial charge in [-0.15, -0.1) is 0 Å². The first kappa shape index (κ1) is 16.1. The highest BCUT2D eigenvalue weighted by Crippen LogP contribution is 2.38. The minimum atomic E-state index is -1.06. The van der Waals surface area contributed by atoms with Crippen LogP contribution in [0.4, 0.5) is 10.1 Å². The standard InChI is InChI=1S/C17H9Cl2FN2O3/c18-9-3-6-12(11(19)7-9)22-16(23)13-14(21-25-15(13)17(22)24)8-1-4-10(20)5-2-8/h1-7,13,15H. The van der Waals surface area contributed by atoms with Gasteiger partial charge in [-0.1, -0.05) is 40.5 Å². The van der Waals surface area contributed by atoms with Gasteiger partial charge in [-0.2, -0.15) is 0 Å². The van der Waals surface area contributed by atoms with E-state index in [1.54, 1.807) is 0 Å². The van der Waals surface area contributed by atoms with Gasteiger partial charge in [-0.3, -0.25) is 9.59 Å². The number of rotatable bonds is 2. The van der Waals surface area contributed by atoms with Crippen molar-refractivity contribution >= 4 is 46.4 Å². The summed E-state index contributed by atoms with van der Waals surface area (Å²) in [5.74, 6) is -2.37. The van der Waals surface area contributed by atoms with Gasteiger partial charge in [0.05, 0.1) is 10.7 Å². The molecule has 0 radical (unpaired) electrons. The van der Waals surface area contributed by atoms with Gasteiger partial charge in [0.2, 0.25) is 12.0 Å². The highest BCUT2D eigenvalue weighted by molar-refractivity contribution is 6.39. The van der Waals surface area contributed by atoms with Crippen LogP contribution in [0, 0.1) is 11.7 Å². The Hall–Kier alpha value is -2.44. The maximum Gasteiger partial charge on any atom is 0.279 e. The van der Waals surface area contributed by atoms with Crippen LogP contribution in [0.3, 0.4) is 0 Å². The fourth-order valence-corrected chi connectivity index (χ4v) is 3.43. The number of nitrogens with zero attached hydrogens (tertiary/aromatic N) is 2. The first-order valence-electron chi connectivity index (χ1n) is 7.30. The van der Waals surface area contributed by atoms with Gasteiger partial charge in [0, 0.05) is 10.6 Å². The number of anilines is 1. The van der Waals surface area contributed by atoms with E-state index in [1.165, 1.54) is 42.5 Å². The van der Waals surface area contributed by atoms with E-state index in [2.05, 4.69) is 5.16 Å². The molecule has 2 aromatic rings. The average Bonchev–Trinajstić information content (AvgIpc) is 3.11. The zero-order chi connectivity index (χ0) is 17.7. The van der Waals surface area contributed by atoms with Crippen LogP contribution in [-0.2, 0) is 14.4 Å². The van der Waals surface area contributed by atoms with Crippen molar-refractivity contribution in [1.82, 2.24) is 0 Å². The SMILES string of the molecule is O=C1C2ON=C(c3ccc(F)cc3)C2C(=O)N1c1ccc(Cl)cc1Cl. The Bertz CT molecular complexity index is 930. The van der Waals surface area contributed by atoms with Crippen molar-refractivity contribution in [1.29, 1.82) is 0 Å². The second-order valence-corrected chi connectivity index (χ2v) is 6.44. The Morgan fingerprint density at radius 2 is 1.76 bits per heavy atom. The fourth-order valence-electron chi connectivity index (χ4n) is 2.94. The van der Waals surface area contributed by atoms with Crippen LogP contribution in [0.15, 0.2) is 47.6 Å². The van der Waals surface area contributed by atoms with Crippen molar-refractivity contribution < 1.29 is 18.8 Å². The number of oxime groups is 1. The number of imide groups is 1. The molecule has 1 fully saturated rings. The third-order valence-electron chi connectivity index (χ3n) is 4.10. The van der Waals surface area contributed by atoms with Gasteiger partial charge < -0.3 is 4.84 Å². The Balaban J connectivity index is 1.72. The van der Waals surface area contributed by atoms with Crippen LogP contribution in [0.1, 0.15) is 5.56 Å². The summed E-state index contributed by atoms with van der Waals surface area (Å²) in [6.45, 7) is 0. The average molecular weight is 379 g/mol. The van der Waals surface area contributed by atoms with Gasteiger partial charge in [0.1, 0.15) is 17.4 Å². The molecule has 4 rings (SSSR count). The lowest BCUT2D eigenvalue weighted by Crippen LogP contribution is -2.33. The lowest BCUT2D eigenvalue weighted by Gasteiger charge is -2.17. The molecule has 2 amide bonds. The monoisotopic (exact) mass is 378 g/mol. The summed E-state index contributed by atoms with van der Waals surface area (Å²) in [4.78, 5) is 31.6. The van der Waals surface area contributed by atoms with Gasteiger partial charge in [-0.05, 0) is 30.3 Å². The van der Waals surface area contributed by atoms with Crippen LogP contribution in [-0.4, -0.2) is 23.6 Å². The van der Waals surface area contributed by atoms with Crippen LogP contribution >= 0.6 is 23.2 Å². The van der Waals surface area contributed by atoms with Gasteiger partial charge in [0.25, 0.3) is 5.91 Å². The zero-order valence-electron chi connectivity index (χ0n) is 12.4. The predicted octanol–water partition coefficient (Wildman–Crippen LogP) is 3.43. The molecule has 2 aliphatic rings. The van der Waals surface area contributed by atoms with Crippen LogP contribution < -0.4 is 4.90 Å². The molecule has 8 heteroatoms. The van der Waals surface area contributed by atoms with E-state index in [0.717, 1.165) is 4.90 Å². The third kappa shape index (κ3) is 2.49. The Morgan fingerprint density at radius 1 is 1.04 bits per heavy atom. The largest absolute Gasteiger partial charge is 0.381 e. The molecule has 126 valence electrons. The summed E-state index contributed by atoms with van der Waals surface area (Å²) >= 11 is 12.0. The van der Waals surface area contributed by atoms with Gasteiger partial charge >= 0.3 is 0 Å². The molecule has 2 atom stereocenters. The first-order chi connectivity index (χ1) is 12.0. The summed E-state index contributed by atoms with van der Waals surface area (Å²) in [7, 11) is 0. The van der Waals surface area contributed by atoms with Gasteiger partial charge in [-0.25, -0.2) is 9.29 Å². The molecule has 2 aliphatic heterocycles. The van der Waals surface area contributed by atoms with E-state index in [4.69, 9.17) is 28.0 Å². The topological polar surface area (TPSA) is 59.0 Å². The summed E-state index contributed by atoms with van der Waals surface area (Å²) in [5.41, 5.74) is 1.03. The highest BCUT2D eigenvalue weighted by atomic mass is 35.5. The van der Waals surface area contributed by atoms with E-state index in [0.29, 0.717) is 10.6 Å². The molecule has 0 bridgehead atoms. The van der Waals surface area contributed by atoms with E-state index in [9.17, 15) is 14.0 Å². The van der Waals surface area contributed by atoms with Gasteiger partial charge in [0.15, 0.2) is 0 Å². The molecule has 5 nitrogen and oxygen atoms in total. The van der Waals surface area contributed by atoms with Crippen LogP contribution in [0.5, 0.6) is 0 Å². The molecule has 0 spiro atoms. The normalized spacial score (nSPS) is 22.0. The van der Waals surface area contributed by atoms with Crippen molar-refractivity contribution in [2.24, 2.45) is 11.1 Å². The number of fused-ring (bicyclic) bond motifs is 1. The summed E-state index contributed by atoms with van der Waals surface area (Å²) in [6, 6.07) is 9.94. The van der Waals surface area contributed by atoms with E-state index >= 15 is 0 Å². The smallest absolute Gasteiger partial charge is 0.279 e. The Morgan fingerprint density at radius 3 is 2.44 bits per heavy atom. The van der Waals surface area contributed by atoms with Crippen LogP contribution in [0.25, 0.3) is 0 Å². The summed E-state index contributed by atoms with van der Waals surface area (Å²) < 4.78 is 13.1. The molecule has 0 saturated carbocycles. The molecule has 0 N–H and O–H groups in total. The number of amides is 2. The van der Waals surface area contributed by atoms with Crippen LogP contribution in [0.2, 0.25) is 10.0 Å². The molecular weight excluding hydrogens is 370 g/mol. The Kier molecular flexibility index (Phi) is 3.74. The number of benzene rings is 2. The second kappa shape index (κ2) is 5.82. The van der Waals surface area contributed by atoms with Crippen molar-refractivity contribution in [2.75, 3.05) is 4.90 Å². The van der Waals surface area contributed by atoms with E-state index in [1.807, 2.05) is 0 Å².